The zero-order valence-corrected chi connectivity index (χ0v) is 6.11. The Morgan fingerprint density at radius 1 is 1.44 bits per heavy atom. The van der Waals surface area contributed by atoms with E-state index >= 15 is 0 Å². The first-order valence-corrected chi connectivity index (χ1v) is 2.84. The van der Waals surface area contributed by atoms with Gasteiger partial charge in [0.1, 0.15) is 0 Å². The summed E-state index contributed by atoms with van der Waals surface area (Å²) in [6.45, 7) is 4.07. The van der Waals surface area contributed by atoms with Crippen LogP contribution in [0.4, 0.5) is 4.39 Å². The molecule has 0 fully saturated rings. The van der Waals surface area contributed by atoms with Crippen LogP contribution < -0.4 is 0 Å². The lowest BCUT2D eigenvalue weighted by molar-refractivity contribution is -0.142. The molecule has 56 valence electrons. The van der Waals surface area contributed by atoms with E-state index in [1.807, 2.05) is 0 Å². The highest BCUT2D eigenvalue weighted by atomic mass is 19.1. The Balaban J connectivity index is 0. The smallest absolute Gasteiger partial charge is 0.305 e. The molecule has 0 aliphatic heterocycles. The quantitative estimate of drug-likeness (QED) is 0.538. The summed E-state index contributed by atoms with van der Waals surface area (Å²) in [5.74, 6) is -0.123. The average Bonchev–Trinajstić information content (AvgIpc) is 1.93. The number of carbonyl (C=O) groups excluding carboxylic acids is 1. The van der Waals surface area contributed by atoms with E-state index in [0.29, 0.717) is 20.2 Å². The predicted octanol–water partition coefficient (Wildman–Crippen LogP) is 1.55. The van der Waals surface area contributed by atoms with Gasteiger partial charge >= 0.3 is 5.97 Å². The van der Waals surface area contributed by atoms with Gasteiger partial charge in [-0.25, -0.2) is 0 Å². The number of hydrogen-bond acceptors (Lipinski definition) is 2. The molecule has 0 aliphatic rings. The number of carbonyl (C=O) groups is 1. The van der Waals surface area contributed by atoms with Crippen LogP contribution in [-0.2, 0) is 9.53 Å². The molecule has 0 radical (unpaired) electrons. The molecule has 0 saturated heterocycles. The zero-order chi connectivity index (χ0) is 7.70. The standard InChI is InChI=1S/C5H10O2.CH3F/c1-3-5(6)7-4-2;1-2/h3-4H2,1-2H3;1H3. The molecule has 0 atom stereocenters. The summed E-state index contributed by atoms with van der Waals surface area (Å²) in [7, 11) is 0.500. The van der Waals surface area contributed by atoms with Crippen molar-refractivity contribution >= 4 is 5.97 Å². The first-order valence-electron chi connectivity index (χ1n) is 2.84. The first-order chi connectivity index (χ1) is 4.31. The highest BCUT2D eigenvalue weighted by Crippen LogP contribution is 1.80. The molecule has 0 aromatic rings. The molecule has 0 saturated carbocycles. The van der Waals surface area contributed by atoms with Crippen molar-refractivity contribution in [2.24, 2.45) is 0 Å². The molecular formula is C6H13FO2. The number of esters is 1. The molecular weight excluding hydrogens is 123 g/mol. The fraction of sp³-hybridized carbons (Fsp3) is 0.833. The maximum absolute atomic E-state index is 10.2. The summed E-state index contributed by atoms with van der Waals surface area (Å²) < 4.78 is 14.1. The lowest BCUT2D eigenvalue weighted by Gasteiger charge is -1.93. The number of halogens is 1. The molecule has 0 rings (SSSR count). The van der Waals surface area contributed by atoms with Gasteiger partial charge in [-0.1, -0.05) is 6.92 Å². The van der Waals surface area contributed by atoms with Gasteiger partial charge in [0.05, 0.1) is 13.8 Å². The molecule has 0 aliphatic carbocycles. The van der Waals surface area contributed by atoms with Gasteiger partial charge in [-0.3, -0.25) is 9.18 Å². The third kappa shape index (κ3) is 11.1. The van der Waals surface area contributed by atoms with Crippen LogP contribution in [0.2, 0.25) is 0 Å². The fourth-order valence-electron chi connectivity index (χ4n) is 0.263. The van der Waals surface area contributed by atoms with Gasteiger partial charge in [0.25, 0.3) is 0 Å². The average molecular weight is 136 g/mol. The van der Waals surface area contributed by atoms with Crippen molar-refractivity contribution in [1.29, 1.82) is 0 Å². The molecule has 0 unspecified atom stereocenters. The molecule has 0 N–H and O–H groups in total. The van der Waals surface area contributed by atoms with Crippen LogP contribution in [0, 0.1) is 0 Å². The summed E-state index contributed by atoms with van der Waals surface area (Å²) in [5.41, 5.74) is 0. The van der Waals surface area contributed by atoms with Gasteiger partial charge in [0, 0.05) is 6.42 Å². The molecule has 0 amide bonds. The van der Waals surface area contributed by atoms with Gasteiger partial charge in [-0.2, -0.15) is 0 Å². The van der Waals surface area contributed by atoms with Crippen molar-refractivity contribution in [3.05, 3.63) is 0 Å². The lowest BCUT2D eigenvalue weighted by Crippen LogP contribution is -2.00. The third-order valence-electron chi connectivity index (χ3n) is 0.594. The minimum atomic E-state index is -0.123. The summed E-state index contributed by atoms with van der Waals surface area (Å²) in [6, 6.07) is 0. The van der Waals surface area contributed by atoms with E-state index < -0.39 is 0 Å². The molecule has 0 aromatic heterocycles. The van der Waals surface area contributed by atoms with Crippen molar-refractivity contribution in [2.75, 3.05) is 13.8 Å². The topological polar surface area (TPSA) is 26.3 Å². The monoisotopic (exact) mass is 136 g/mol. The highest BCUT2D eigenvalue weighted by Gasteiger charge is 1.91. The van der Waals surface area contributed by atoms with Crippen molar-refractivity contribution in [2.45, 2.75) is 20.3 Å². The molecule has 0 aromatic carbocycles. The summed E-state index contributed by atoms with van der Waals surface area (Å²) in [4.78, 5) is 10.2. The van der Waals surface area contributed by atoms with Crippen LogP contribution in [-0.4, -0.2) is 19.8 Å². The van der Waals surface area contributed by atoms with Crippen LogP contribution >= 0.6 is 0 Å². The molecule has 2 nitrogen and oxygen atoms in total. The Hall–Kier alpha value is -0.600. The summed E-state index contributed by atoms with van der Waals surface area (Å²) >= 11 is 0. The van der Waals surface area contributed by atoms with E-state index in [0.717, 1.165) is 0 Å². The minimum Gasteiger partial charge on any atom is -0.466 e. The van der Waals surface area contributed by atoms with Crippen molar-refractivity contribution in [1.82, 2.24) is 0 Å². The van der Waals surface area contributed by atoms with Gasteiger partial charge in [-0.05, 0) is 6.92 Å². The van der Waals surface area contributed by atoms with Gasteiger partial charge in [0.2, 0.25) is 0 Å². The van der Waals surface area contributed by atoms with Gasteiger partial charge in [0.15, 0.2) is 0 Å². The summed E-state index contributed by atoms with van der Waals surface area (Å²) in [6.07, 6.45) is 0.480. The molecule has 0 spiro atoms. The lowest BCUT2D eigenvalue weighted by atomic mass is 10.5. The Morgan fingerprint density at radius 3 is 2.00 bits per heavy atom. The van der Waals surface area contributed by atoms with Crippen molar-refractivity contribution < 1.29 is 13.9 Å². The van der Waals surface area contributed by atoms with Crippen molar-refractivity contribution in [3.8, 4) is 0 Å². The number of alkyl halides is 1. The fourth-order valence-corrected chi connectivity index (χ4v) is 0.263. The Bertz CT molecular complexity index is 64.1. The van der Waals surface area contributed by atoms with Gasteiger partial charge in [-0.15, -0.1) is 0 Å². The highest BCUT2D eigenvalue weighted by molar-refractivity contribution is 5.68. The molecule has 0 bridgehead atoms. The van der Waals surface area contributed by atoms with E-state index in [4.69, 9.17) is 0 Å². The number of ether oxygens (including phenoxy) is 1. The Kier molecular flexibility index (Phi) is 13.0. The Labute approximate surface area is 55.0 Å². The SMILES string of the molecule is CCOC(=O)CC.CF. The number of hydrogen-bond donors (Lipinski definition) is 0. The largest absolute Gasteiger partial charge is 0.466 e. The van der Waals surface area contributed by atoms with Crippen LogP contribution in [0.15, 0.2) is 0 Å². The van der Waals surface area contributed by atoms with Crippen LogP contribution in [0.5, 0.6) is 0 Å². The normalized spacial score (nSPS) is 7.11. The first kappa shape index (κ1) is 11.2. The maximum atomic E-state index is 10.2. The number of rotatable bonds is 2. The van der Waals surface area contributed by atoms with E-state index in [2.05, 4.69) is 4.74 Å². The predicted molar refractivity (Wildman–Crippen MR) is 34.0 cm³/mol. The molecule has 0 heterocycles. The van der Waals surface area contributed by atoms with E-state index in [1.54, 1.807) is 13.8 Å². The molecule has 9 heavy (non-hydrogen) atoms. The van der Waals surface area contributed by atoms with E-state index in [-0.39, 0.29) is 5.97 Å². The zero-order valence-electron chi connectivity index (χ0n) is 6.11. The minimum absolute atomic E-state index is 0.123. The molecule has 3 heteroatoms. The summed E-state index contributed by atoms with van der Waals surface area (Å²) in [5, 5.41) is 0. The van der Waals surface area contributed by atoms with E-state index in [9.17, 15) is 9.18 Å². The Morgan fingerprint density at radius 2 is 1.89 bits per heavy atom. The second-order valence-electron chi connectivity index (χ2n) is 1.16. The van der Waals surface area contributed by atoms with Crippen LogP contribution in [0.3, 0.4) is 0 Å². The maximum Gasteiger partial charge on any atom is 0.305 e. The second kappa shape index (κ2) is 10.4. The van der Waals surface area contributed by atoms with Gasteiger partial charge < -0.3 is 4.74 Å². The third-order valence-corrected chi connectivity index (χ3v) is 0.594. The van der Waals surface area contributed by atoms with Crippen molar-refractivity contribution in [3.63, 3.8) is 0 Å². The second-order valence-corrected chi connectivity index (χ2v) is 1.16. The van der Waals surface area contributed by atoms with E-state index in [1.165, 1.54) is 0 Å². The van der Waals surface area contributed by atoms with Crippen LogP contribution in [0.25, 0.3) is 0 Å². The van der Waals surface area contributed by atoms with Crippen LogP contribution in [0.1, 0.15) is 20.3 Å².